The summed E-state index contributed by atoms with van der Waals surface area (Å²) in [6.45, 7) is 15.6. The third kappa shape index (κ3) is 6.35. The molecule has 0 aromatic carbocycles. The van der Waals surface area contributed by atoms with E-state index < -0.39 is 0 Å². The number of rotatable bonds is 1. The molecule has 1 rings (SSSR count). The number of piperidine rings is 1. The van der Waals surface area contributed by atoms with Crippen LogP contribution in [0.2, 0.25) is 0 Å². The van der Waals surface area contributed by atoms with Crippen molar-refractivity contribution in [3.63, 3.8) is 0 Å². The monoisotopic (exact) mass is 241 g/mol. The van der Waals surface area contributed by atoms with Crippen molar-refractivity contribution in [3.8, 4) is 0 Å². The summed E-state index contributed by atoms with van der Waals surface area (Å²) in [6.07, 6.45) is 3.31. The Morgan fingerprint density at radius 2 is 1.76 bits per heavy atom. The third-order valence-electron chi connectivity index (χ3n) is 2.84. The zero-order chi connectivity index (χ0) is 13.5. The second-order valence-electron chi connectivity index (χ2n) is 5.32. The predicted octanol–water partition coefficient (Wildman–Crippen LogP) is 3.85. The van der Waals surface area contributed by atoms with E-state index in [1.54, 1.807) is 0 Å². The van der Waals surface area contributed by atoms with Crippen LogP contribution in [0.25, 0.3) is 0 Å². The van der Waals surface area contributed by atoms with Gasteiger partial charge in [-0.2, -0.15) is 0 Å². The first-order valence-electron chi connectivity index (χ1n) is 6.40. The number of likely N-dealkylation sites (tertiary alicyclic amines) is 1. The molecule has 0 radical (unpaired) electrons. The Morgan fingerprint density at radius 3 is 2.12 bits per heavy atom. The van der Waals surface area contributed by atoms with E-state index in [0.717, 1.165) is 31.8 Å². The van der Waals surface area contributed by atoms with E-state index >= 15 is 0 Å². The van der Waals surface area contributed by atoms with E-state index in [9.17, 15) is 4.79 Å². The minimum absolute atomic E-state index is 0.156. The van der Waals surface area contributed by atoms with Gasteiger partial charge in [-0.1, -0.05) is 13.3 Å². The van der Waals surface area contributed by atoms with Gasteiger partial charge in [0, 0.05) is 13.1 Å². The Kier molecular flexibility index (Phi) is 6.93. The lowest BCUT2D eigenvalue weighted by atomic mass is 9.95. The number of hydrogen-bond acceptors (Lipinski definition) is 2. The maximum atomic E-state index is 11.7. The molecule has 1 saturated heterocycles. The molecule has 0 atom stereocenters. The van der Waals surface area contributed by atoms with Gasteiger partial charge in [0.05, 0.1) is 0 Å². The predicted molar refractivity (Wildman–Crippen MR) is 72.1 cm³/mol. The maximum Gasteiger partial charge on any atom is 0.410 e. The molecule has 0 aliphatic carbocycles. The van der Waals surface area contributed by atoms with Gasteiger partial charge in [-0.3, -0.25) is 0 Å². The fourth-order valence-corrected chi connectivity index (χ4v) is 1.85. The van der Waals surface area contributed by atoms with Crippen LogP contribution in [0.1, 0.15) is 47.0 Å². The highest BCUT2D eigenvalue weighted by Gasteiger charge is 2.25. The Bertz CT molecular complexity index is 225. The van der Waals surface area contributed by atoms with Crippen molar-refractivity contribution in [2.24, 2.45) is 5.92 Å². The smallest absolute Gasteiger partial charge is 0.410 e. The molecule has 1 aliphatic heterocycles. The topological polar surface area (TPSA) is 29.5 Å². The van der Waals surface area contributed by atoms with Crippen molar-refractivity contribution >= 4 is 6.09 Å². The van der Waals surface area contributed by atoms with Gasteiger partial charge in [0.2, 0.25) is 0 Å². The van der Waals surface area contributed by atoms with E-state index in [1.807, 2.05) is 25.7 Å². The molecule has 0 aromatic heterocycles. The highest BCUT2D eigenvalue weighted by Crippen LogP contribution is 2.21. The van der Waals surface area contributed by atoms with Gasteiger partial charge < -0.3 is 9.64 Å². The van der Waals surface area contributed by atoms with Gasteiger partial charge in [0.15, 0.2) is 0 Å². The average Bonchev–Trinajstić information content (AvgIpc) is 2.29. The molecule has 100 valence electrons. The van der Waals surface area contributed by atoms with E-state index in [2.05, 4.69) is 20.1 Å². The minimum atomic E-state index is -0.376. The van der Waals surface area contributed by atoms with Crippen LogP contribution in [-0.2, 0) is 4.74 Å². The van der Waals surface area contributed by atoms with E-state index in [-0.39, 0.29) is 11.7 Å². The molecule has 0 bridgehead atoms. The van der Waals surface area contributed by atoms with Gasteiger partial charge in [0.25, 0.3) is 0 Å². The lowest BCUT2D eigenvalue weighted by Crippen LogP contribution is -2.41. The fourth-order valence-electron chi connectivity index (χ4n) is 1.85. The zero-order valence-corrected chi connectivity index (χ0v) is 11.8. The number of amides is 1. The number of nitrogens with zero attached hydrogens (tertiary/aromatic N) is 1. The number of carbonyl (C=O) groups is 1. The first-order valence-corrected chi connectivity index (χ1v) is 6.40. The largest absolute Gasteiger partial charge is 0.444 e. The van der Waals surface area contributed by atoms with Crippen LogP contribution in [-0.4, -0.2) is 29.7 Å². The van der Waals surface area contributed by atoms with Crippen LogP contribution in [0.5, 0.6) is 0 Å². The molecule has 1 amide bonds. The second kappa shape index (κ2) is 7.36. The standard InChI is InChI=1S/C12H23NO2.C2H4/c1-5-10-6-8-13(9-7-10)11(14)15-12(2,3)4;1-2/h10H,5-9H2,1-4H3;1-2H2. The average molecular weight is 241 g/mol. The molecule has 1 aliphatic rings. The van der Waals surface area contributed by atoms with Gasteiger partial charge in [-0.05, 0) is 39.5 Å². The molecule has 1 heterocycles. The molecule has 3 nitrogen and oxygen atoms in total. The summed E-state index contributed by atoms with van der Waals surface area (Å²) in [5.41, 5.74) is -0.376. The molecule has 0 aromatic rings. The third-order valence-corrected chi connectivity index (χ3v) is 2.84. The summed E-state index contributed by atoms with van der Waals surface area (Å²) in [4.78, 5) is 13.5. The Labute approximate surface area is 106 Å². The SMILES string of the molecule is C=C.CCC1CCN(C(=O)OC(C)(C)C)CC1. The molecule has 1 fully saturated rings. The molecule has 0 spiro atoms. The summed E-state index contributed by atoms with van der Waals surface area (Å²) in [5.74, 6) is 0.795. The van der Waals surface area contributed by atoms with E-state index in [4.69, 9.17) is 4.74 Å². The summed E-state index contributed by atoms with van der Waals surface area (Å²) in [5, 5.41) is 0. The zero-order valence-electron chi connectivity index (χ0n) is 11.8. The summed E-state index contributed by atoms with van der Waals surface area (Å²) in [7, 11) is 0. The van der Waals surface area contributed by atoms with Gasteiger partial charge in [-0.25, -0.2) is 4.79 Å². The first-order chi connectivity index (χ1) is 7.92. The van der Waals surface area contributed by atoms with Crippen molar-refractivity contribution in [1.29, 1.82) is 0 Å². The van der Waals surface area contributed by atoms with Gasteiger partial charge in [-0.15, -0.1) is 13.2 Å². The van der Waals surface area contributed by atoms with Crippen LogP contribution >= 0.6 is 0 Å². The molecule has 0 unspecified atom stereocenters. The molecular weight excluding hydrogens is 214 g/mol. The van der Waals surface area contributed by atoms with E-state index in [1.165, 1.54) is 6.42 Å². The van der Waals surface area contributed by atoms with Gasteiger partial charge >= 0.3 is 6.09 Å². The Hall–Kier alpha value is -0.990. The number of carbonyl (C=O) groups excluding carboxylic acids is 1. The highest BCUT2D eigenvalue weighted by molar-refractivity contribution is 5.68. The van der Waals surface area contributed by atoms with Crippen LogP contribution in [0.15, 0.2) is 13.2 Å². The van der Waals surface area contributed by atoms with E-state index in [0.29, 0.717) is 0 Å². The van der Waals surface area contributed by atoms with Crippen molar-refractivity contribution in [2.75, 3.05) is 13.1 Å². The summed E-state index contributed by atoms with van der Waals surface area (Å²) < 4.78 is 5.33. The molecular formula is C14H27NO2. The normalized spacial score (nSPS) is 17.1. The van der Waals surface area contributed by atoms with Crippen molar-refractivity contribution in [2.45, 2.75) is 52.6 Å². The van der Waals surface area contributed by atoms with Crippen LogP contribution in [0.3, 0.4) is 0 Å². The molecule has 3 heteroatoms. The van der Waals surface area contributed by atoms with Crippen LogP contribution in [0.4, 0.5) is 4.79 Å². The number of ether oxygens (including phenoxy) is 1. The minimum Gasteiger partial charge on any atom is -0.444 e. The number of hydrogen-bond donors (Lipinski definition) is 0. The second-order valence-corrected chi connectivity index (χ2v) is 5.32. The maximum absolute atomic E-state index is 11.7. The molecule has 0 N–H and O–H groups in total. The Morgan fingerprint density at radius 1 is 1.29 bits per heavy atom. The lowest BCUT2D eigenvalue weighted by molar-refractivity contribution is 0.0183. The fraction of sp³-hybridized carbons (Fsp3) is 0.786. The van der Waals surface area contributed by atoms with Gasteiger partial charge in [0.1, 0.15) is 5.60 Å². The quantitative estimate of drug-likeness (QED) is 0.653. The van der Waals surface area contributed by atoms with Crippen molar-refractivity contribution in [1.82, 2.24) is 4.90 Å². The highest BCUT2D eigenvalue weighted by atomic mass is 16.6. The van der Waals surface area contributed by atoms with Crippen molar-refractivity contribution in [3.05, 3.63) is 13.2 Å². The first kappa shape index (κ1) is 16.0. The summed E-state index contributed by atoms with van der Waals surface area (Å²) >= 11 is 0. The van der Waals surface area contributed by atoms with Crippen LogP contribution < -0.4 is 0 Å². The molecule has 17 heavy (non-hydrogen) atoms. The lowest BCUT2D eigenvalue weighted by Gasteiger charge is -2.33. The summed E-state index contributed by atoms with van der Waals surface area (Å²) in [6, 6.07) is 0. The Balaban J connectivity index is 0.00000121. The van der Waals surface area contributed by atoms with Crippen molar-refractivity contribution < 1.29 is 9.53 Å². The van der Waals surface area contributed by atoms with Crippen LogP contribution in [0, 0.1) is 5.92 Å². The molecule has 0 saturated carbocycles.